The van der Waals surface area contributed by atoms with Gasteiger partial charge in [0.1, 0.15) is 0 Å². The van der Waals surface area contributed by atoms with Crippen LogP contribution in [0, 0.1) is 5.92 Å². The molecular formula is C15H26N2O3. The highest BCUT2D eigenvalue weighted by Crippen LogP contribution is 2.31. The Labute approximate surface area is 121 Å². The molecule has 3 rings (SSSR count). The predicted molar refractivity (Wildman–Crippen MR) is 75.3 cm³/mol. The van der Waals surface area contributed by atoms with E-state index in [0.29, 0.717) is 31.5 Å². The zero-order valence-electron chi connectivity index (χ0n) is 12.5. The minimum Gasteiger partial charge on any atom is -0.347 e. The lowest BCUT2D eigenvalue weighted by molar-refractivity contribution is -0.187. The van der Waals surface area contributed by atoms with Crippen LogP contribution in [-0.4, -0.2) is 67.9 Å². The van der Waals surface area contributed by atoms with Crippen molar-refractivity contribution in [3.8, 4) is 0 Å². The smallest absolute Gasteiger partial charge is 0.222 e. The number of amides is 1. The summed E-state index contributed by atoms with van der Waals surface area (Å²) >= 11 is 0. The van der Waals surface area contributed by atoms with E-state index in [1.54, 1.807) is 0 Å². The number of ether oxygens (including phenoxy) is 2. The van der Waals surface area contributed by atoms with Crippen LogP contribution in [0.2, 0.25) is 0 Å². The number of rotatable bonds is 2. The Morgan fingerprint density at radius 1 is 1.20 bits per heavy atom. The van der Waals surface area contributed by atoms with Crippen LogP contribution < -0.4 is 0 Å². The number of carbonyl (C=O) groups excluding carboxylic acids is 1. The largest absolute Gasteiger partial charge is 0.347 e. The fourth-order valence-electron chi connectivity index (χ4n) is 3.70. The van der Waals surface area contributed by atoms with Crippen LogP contribution >= 0.6 is 0 Å². The van der Waals surface area contributed by atoms with Crippen molar-refractivity contribution >= 4 is 5.91 Å². The quantitative estimate of drug-likeness (QED) is 0.760. The molecule has 0 radical (unpaired) electrons. The maximum atomic E-state index is 12.4. The van der Waals surface area contributed by atoms with E-state index in [9.17, 15) is 4.79 Å². The van der Waals surface area contributed by atoms with E-state index in [-0.39, 0.29) is 5.79 Å². The first-order valence-corrected chi connectivity index (χ1v) is 7.91. The zero-order chi connectivity index (χ0) is 14.0. The predicted octanol–water partition coefficient (Wildman–Crippen LogP) is 1.08. The highest BCUT2D eigenvalue weighted by atomic mass is 16.7. The van der Waals surface area contributed by atoms with Gasteiger partial charge in [0.05, 0.1) is 13.2 Å². The third kappa shape index (κ3) is 3.15. The van der Waals surface area contributed by atoms with E-state index in [0.717, 1.165) is 32.5 Å². The zero-order valence-corrected chi connectivity index (χ0v) is 12.5. The number of piperidine rings is 2. The molecule has 1 spiro atoms. The van der Waals surface area contributed by atoms with Crippen molar-refractivity contribution in [2.75, 3.05) is 46.4 Å². The Balaban J connectivity index is 1.46. The van der Waals surface area contributed by atoms with Gasteiger partial charge in [-0.25, -0.2) is 0 Å². The second-order valence-electron chi connectivity index (χ2n) is 6.46. The van der Waals surface area contributed by atoms with Gasteiger partial charge >= 0.3 is 0 Å². The van der Waals surface area contributed by atoms with Crippen molar-refractivity contribution in [3.05, 3.63) is 0 Å². The number of hydrogen-bond donors (Lipinski definition) is 0. The van der Waals surface area contributed by atoms with E-state index in [1.165, 1.54) is 19.4 Å². The lowest BCUT2D eigenvalue weighted by atomic mass is 9.94. The molecule has 0 aromatic carbocycles. The maximum absolute atomic E-state index is 12.4. The van der Waals surface area contributed by atoms with Crippen molar-refractivity contribution in [2.45, 2.75) is 37.9 Å². The van der Waals surface area contributed by atoms with Gasteiger partial charge in [0.25, 0.3) is 0 Å². The van der Waals surface area contributed by atoms with Crippen LogP contribution in [-0.2, 0) is 14.3 Å². The summed E-state index contributed by atoms with van der Waals surface area (Å²) in [5.74, 6) is 0.483. The molecule has 0 aromatic heterocycles. The Kier molecular flexibility index (Phi) is 4.29. The summed E-state index contributed by atoms with van der Waals surface area (Å²) in [7, 11) is 2.15. The van der Waals surface area contributed by atoms with Crippen LogP contribution in [0.25, 0.3) is 0 Å². The fourth-order valence-corrected chi connectivity index (χ4v) is 3.70. The standard InChI is InChI=1S/C15H26N2O3/c1-16-6-2-3-13(12-16)11-14(18)17-7-4-15(5-8-17)19-9-10-20-15/h13H,2-12H2,1H3. The molecule has 3 fully saturated rings. The number of hydrogen-bond acceptors (Lipinski definition) is 4. The molecule has 1 atom stereocenters. The SMILES string of the molecule is CN1CCCC(CC(=O)N2CCC3(CC2)OCCO3)C1. The number of likely N-dealkylation sites (tertiary alicyclic amines) is 2. The minimum atomic E-state index is -0.373. The van der Waals surface area contributed by atoms with Crippen LogP contribution in [0.5, 0.6) is 0 Å². The summed E-state index contributed by atoms with van der Waals surface area (Å²) in [5.41, 5.74) is 0. The van der Waals surface area contributed by atoms with Crippen LogP contribution in [0.4, 0.5) is 0 Å². The fraction of sp³-hybridized carbons (Fsp3) is 0.933. The Bertz CT molecular complexity index is 345. The second kappa shape index (κ2) is 6.00. The second-order valence-corrected chi connectivity index (χ2v) is 6.46. The molecule has 3 heterocycles. The van der Waals surface area contributed by atoms with E-state index < -0.39 is 0 Å². The first kappa shape index (κ1) is 14.3. The van der Waals surface area contributed by atoms with Crippen molar-refractivity contribution < 1.29 is 14.3 Å². The summed E-state index contributed by atoms with van der Waals surface area (Å²) in [5, 5.41) is 0. The summed E-state index contributed by atoms with van der Waals surface area (Å²) in [6.45, 7) is 5.19. The van der Waals surface area contributed by atoms with Crippen LogP contribution in [0.15, 0.2) is 0 Å². The van der Waals surface area contributed by atoms with Gasteiger partial charge in [-0.15, -0.1) is 0 Å². The van der Waals surface area contributed by atoms with Gasteiger partial charge in [-0.05, 0) is 32.4 Å². The van der Waals surface area contributed by atoms with Crippen molar-refractivity contribution in [1.82, 2.24) is 9.80 Å². The number of carbonyl (C=O) groups is 1. The minimum absolute atomic E-state index is 0.318. The normalized spacial score (nSPS) is 30.9. The molecule has 3 aliphatic heterocycles. The average molecular weight is 282 g/mol. The van der Waals surface area contributed by atoms with E-state index in [4.69, 9.17) is 9.47 Å². The molecule has 0 aromatic rings. The van der Waals surface area contributed by atoms with E-state index >= 15 is 0 Å². The highest BCUT2D eigenvalue weighted by Gasteiger charge is 2.40. The van der Waals surface area contributed by atoms with Gasteiger partial charge in [-0.3, -0.25) is 4.79 Å². The number of nitrogens with zero attached hydrogens (tertiary/aromatic N) is 2. The van der Waals surface area contributed by atoms with Crippen LogP contribution in [0.3, 0.4) is 0 Å². The molecule has 0 bridgehead atoms. The summed E-state index contributed by atoms with van der Waals surface area (Å²) in [4.78, 5) is 16.7. The van der Waals surface area contributed by atoms with Crippen molar-refractivity contribution in [2.24, 2.45) is 5.92 Å². The van der Waals surface area contributed by atoms with Gasteiger partial charge in [0.2, 0.25) is 5.91 Å². The topological polar surface area (TPSA) is 42.0 Å². The third-order valence-corrected chi connectivity index (χ3v) is 4.88. The molecule has 0 N–H and O–H groups in total. The average Bonchev–Trinajstić information content (AvgIpc) is 2.88. The summed E-state index contributed by atoms with van der Waals surface area (Å²) in [6.07, 6.45) is 4.77. The Morgan fingerprint density at radius 2 is 1.90 bits per heavy atom. The molecule has 1 amide bonds. The molecule has 5 nitrogen and oxygen atoms in total. The molecule has 3 aliphatic rings. The Hall–Kier alpha value is -0.650. The van der Waals surface area contributed by atoms with Gasteiger partial charge in [0.15, 0.2) is 5.79 Å². The molecular weight excluding hydrogens is 256 g/mol. The van der Waals surface area contributed by atoms with Crippen molar-refractivity contribution in [1.29, 1.82) is 0 Å². The van der Waals surface area contributed by atoms with Gasteiger partial charge in [0, 0.05) is 38.9 Å². The monoisotopic (exact) mass is 282 g/mol. The molecule has 5 heteroatoms. The van der Waals surface area contributed by atoms with E-state index in [1.807, 2.05) is 4.90 Å². The van der Waals surface area contributed by atoms with Gasteiger partial charge in [-0.2, -0.15) is 0 Å². The van der Waals surface area contributed by atoms with Crippen molar-refractivity contribution in [3.63, 3.8) is 0 Å². The Morgan fingerprint density at radius 3 is 2.55 bits per heavy atom. The lowest BCUT2D eigenvalue weighted by Gasteiger charge is -2.38. The van der Waals surface area contributed by atoms with Crippen LogP contribution in [0.1, 0.15) is 32.1 Å². The summed E-state index contributed by atoms with van der Waals surface area (Å²) in [6, 6.07) is 0. The lowest BCUT2D eigenvalue weighted by Crippen LogP contribution is -2.48. The van der Waals surface area contributed by atoms with Gasteiger partial charge < -0.3 is 19.3 Å². The molecule has 114 valence electrons. The van der Waals surface area contributed by atoms with E-state index in [2.05, 4.69) is 11.9 Å². The van der Waals surface area contributed by atoms with Gasteiger partial charge in [-0.1, -0.05) is 0 Å². The highest BCUT2D eigenvalue weighted by molar-refractivity contribution is 5.76. The molecule has 3 saturated heterocycles. The third-order valence-electron chi connectivity index (χ3n) is 4.88. The maximum Gasteiger partial charge on any atom is 0.222 e. The molecule has 0 aliphatic carbocycles. The molecule has 20 heavy (non-hydrogen) atoms. The molecule has 1 unspecified atom stereocenters. The molecule has 0 saturated carbocycles. The summed E-state index contributed by atoms with van der Waals surface area (Å²) < 4.78 is 11.4. The first-order chi connectivity index (χ1) is 9.67. The first-order valence-electron chi connectivity index (χ1n) is 7.91.